The zero-order chi connectivity index (χ0) is 10.4. The molecule has 1 aromatic rings. The lowest BCUT2D eigenvalue weighted by Gasteiger charge is -1.99. The van der Waals surface area contributed by atoms with Gasteiger partial charge in [-0.15, -0.1) is 0 Å². The normalized spacial score (nSPS) is 8.29. The van der Waals surface area contributed by atoms with E-state index in [2.05, 4.69) is 26.9 Å². The quantitative estimate of drug-likeness (QED) is 0.295. The first-order valence-electron chi connectivity index (χ1n) is 3.74. The molecule has 0 aliphatic heterocycles. The second-order valence-electron chi connectivity index (χ2n) is 2.38. The van der Waals surface area contributed by atoms with Crippen molar-refractivity contribution in [1.29, 1.82) is 0 Å². The van der Waals surface area contributed by atoms with Crippen molar-refractivity contribution in [3.05, 3.63) is 28.4 Å². The molecule has 1 rings (SSSR count). The maximum absolute atomic E-state index is 8.00. The van der Waals surface area contributed by atoms with E-state index in [4.69, 9.17) is 17.0 Å². The first-order valence-corrected chi connectivity index (χ1v) is 3.74. The summed E-state index contributed by atoms with van der Waals surface area (Å²) in [6, 6.07) is 0. The molecule has 0 bridgehead atoms. The van der Waals surface area contributed by atoms with Crippen molar-refractivity contribution in [2.75, 3.05) is 18.0 Å². The number of rotatable bonds is 1. The smallest absolute Gasteiger partial charge is 0.0880 e. The Morgan fingerprint density at radius 3 is 3.00 bits per heavy atom. The van der Waals surface area contributed by atoms with Gasteiger partial charge in [0.05, 0.1) is 29.7 Å². The number of pyridine rings is 1. The van der Waals surface area contributed by atoms with Crippen LogP contribution < -0.4 is 11.5 Å². The Morgan fingerprint density at radius 2 is 2.29 bits per heavy atom. The van der Waals surface area contributed by atoms with Crippen LogP contribution in [0.25, 0.3) is 10.4 Å². The van der Waals surface area contributed by atoms with E-state index < -0.39 is 0 Å². The van der Waals surface area contributed by atoms with Gasteiger partial charge in [-0.2, -0.15) is 0 Å². The monoisotopic (exact) mass is 188 g/mol. The Morgan fingerprint density at radius 1 is 1.50 bits per heavy atom. The van der Waals surface area contributed by atoms with Crippen LogP contribution in [0.15, 0.2) is 17.5 Å². The number of nitrogens with zero attached hydrogens (tertiary/aromatic N) is 4. The number of nitrogen functional groups attached to an aromatic ring is 2. The van der Waals surface area contributed by atoms with Gasteiger partial charge in [0.1, 0.15) is 0 Å². The van der Waals surface area contributed by atoms with Crippen LogP contribution in [-0.2, 0) is 0 Å². The number of hydrogen-bond acceptors (Lipinski definition) is 4. The highest BCUT2D eigenvalue weighted by molar-refractivity contribution is 5.69. The summed E-state index contributed by atoms with van der Waals surface area (Å²) in [6.45, 7) is 0.102. The van der Waals surface area contributed by atoms with Gasteiger partial charge in [-0.3, -0.25) is 4.98 Å². The van der Waals surface area contributed by atoms with E-state index in [1.54, 1.807) is 0 Å². The third-order valence-electron chi connectivity index (χ3n) is 1.45. The second-order valence-corrected chi connectivity index (χ2v) is 2.38. The average molecular weight is 188 g/mol. The van der Waals surface area contributed by atoms with Crippen LogP contribution in [0.5, 0.6) is 0 Å². The molecule has 0 spiro atoms. The lowest BCUT2D eigenvalue weighted by atomic mass is 10.2. The summed E-state index contributed by atoms with van der Waals surface area (Å²) in [4.78, 5) is 6.39. The van der Waals surface area contributed by atoms with Gasteiger partial charge >= 0.3 is 0 Å². The highest BCUT2D eigenvalue weighted by atomic mass is 15.1. The molecular formula is C8H8N6. The molecule has 0 amide bonds. The van der Waals surface area contributed by atoms with Crippen molar-refractivity contribution in [2.24, 2.45) is 5.11 Å². The standard InChI is InChI=1S/C8H8N6/c9-7-5-12-4-6(8(7)10)2-1-3-13-14-11/h4-5H,3,9H2,(H2,10,12). The van der Waals surface area contributed by atoms with Crippen LogP contribution in [0.4, 0.5) is 11.4 Å². The highest BCUT2D eigenvalue weighted by Gasteiger charge is 1.98. The molecule has 4 N–H and O–H groups in total. The van der Waals surface area contributed by atoms with Crippen molar-refractivity contribution in [1.82, 2.24) is 4.98 Å². The molecule has 14 heavy (non-hydrogen) atoms. The lowest BCUT2D eigenvalue weighted by molar-refractivity contribution is 1.25. The van der Waals surface area contributed by atoms with Gasteiger partial charge in [-0.1, -0.05) is 17.0 Å². The molecule has 0 saturated carbocycles. The SMILES string of the molecule is [N-]=[N+]=NCC#Cc1cncc(N)c1N. The van der Waals surface area contributed by atoms with Gasteiger partial charge in [0.25, 0.3) is 0 Å². The Hall–Kier alpha value is -2.38. The van der Waals surface area contributed by atoms with Gasteiger partial charge < -0.3 is 11.5 Å². The molecule has 0 aliphatic rings. The van der Waals surface area contributed by atoms with Gasteiger partial charge in [0.15, 0.2) is 0 Å². The topological polar surface area (TPSA) is 114 Å². The molecule has 0 aromatic carbocycles. The second kappa shape index (κ2) is 4.60. The average Bonchev–Trinajstić information content (AvgIpc) is 2.19. The van der Waals surface area contributed by atoms with Crippen LogP contribution >= 0.6 is 0 Å². The molecule has 1 heterocycles. The first kappa shape index (κ1) is 9.71. The number of azide groups is 1. The van der Waals surface area contributed by atoms with E-state index in [-0.39, 0.29) is 6.54 Å². The number of anilines is 2. The van der Waals surface area contributed by atoms with Gasteiger partial charge in [-0.25, -0.2) is 0 Å². The molecule has 0 radical (unpaired) electrons. The summed E-state index contributed by atoms with van der Waals surface area (Å²) in [5.41, 5.74) is 20.5. The van der Waals surface area contributed by atoms with Gasteiger partial charge in [-0.05, 0) is 5.53 Å². The highest BCUT2D eigenvalue weighted by Crippen LogP contribution is 2.15. The van der Waals surface area contributed by atoms with Crippen molar-refractivity contribution in [3.63, 3.8) is 0 Å². The summed E-state index contributed by atoms with van der Waals surface area (Å²) in [5, 5.41) is 3.25. The zero-order valence-corrected chi connectivity index (χ0v) is 7.31. The fraction of sp³-hybridized carbons (Fsp3) is 0.125. The molecule has 0 atom stereocenters. The summed E-state index contributed by atoms with van der Waals surface area (Å²) < 4.78 is 0. The van der Waals surface area contributed by atoms with Crippen molar-refractivity contribution < 1.29 is 0 Å². The summed E-state index contributed by atoms with van der Waals surface area (Å²) in [6.07, 6.45) is 2.96. The Kier molecular flexibility index (Phi) is 3.19. The molecule has 6 nitrogen and oxygen atoms in total. The fourth-order valence-corrected chi connectivity index (χ4v) is 0.788. The van der Waals surface area contributed by atoms with Gasteiger partial charge in [0, 0.05) is 11.1 Å². The first-order chi connectivity index (χ1) is 6.75. The minimum Gasteiger partial charge on any atom is -0.396 e. The lowest BCUT2D eigenvalue weighted by Crippen LogP contribution is -1.98. The largest absolute Gasteiger partial charge is 0.396 e. The minimum absolute atomic E-state index is 0.102. The van der Waals surface area contributed by atoms with E-state index in [0.29, 0.717) is 16.9 Å². The molecule has 1 aromatic heterocycles. The van der Waals surface area contributed by atoms with Crippen LogP contribution in [0.1, 0.15) is 5.56 Å². The third-order valence-corrected chi connectivity index (χ3v) is 1.45. The minimum atomic E-state index is 0.102. The van der Waals surface area contributed by atoms with E-state index in [1.165, 1.54) is 12.4 Å². The molecule has 0 fully saturated rings. The molecule has 70 valence electrons. The van der Waals surface area contributed by atoms with Crippen LogP contribution in [0.3, 0.4) is 0 Å². The molecule has 0 aliphatic carbocycles. The van der Waals surface area contributed by atoms with Crippen molar-refractivity contribution >= 4 is 11.4 Å². The zero-order valence-electron chi connectivity index (χ0n) is 7.31. The van der Waals surface area contributed by atoms with E-state index >= 15 is 0 Å². The molecule has 0 saturated heterocycles. The van der Waals surface area contributed by atoms with E-state index in [9.17, 15) is 0 Å². The van der Waals surface area contributed by atoms with Gasteiger partial charge in [0.2, 0.25) is 0 Å². The number of hydrogen-bond donors (Lipinski definition) is 2. The predicted molar refractivity (Wildman–Crippen MR) is 54.0 cm³/mol. The van der Waals surface area contributed by atoms with Crippen LogP contribution in [-0.4, -0.2) is 11.5 Å². The Bertz CT molecular complexity index is 435. The summed E-state index contributed by atoms with van der Waals surface area (Å²) in [7, 11) is 0. The third kappa shape index (κ3) is 2.30. The number of nitrogens with two attached hydrogens (primary N) is 2. The molecule has 6 heteroatoms. The van der Waals surface area contributed by atoms with E-state index in [0.717, 1.165) is 0 Å². The maximum Gasteiger partial charge on any atom is 0.0880 e. The van der Waals surface area contributed by atoms with Crippen LogP contribution in [0, 0.1) is 11.8 Å². The van der Waals surface area contributed by atoms with E-state index in [1.807, 2.05) is 0 Å². The van der Waals surface area contributed by atoms with Crippen LogP contribution in [0.2, 0.25) is 0 Å². The Labute approximate surface area is 80.6 Å². The molecular weight excluding hydrogens is 180 g/mol. The summed E-state index contributed by atoms with van der Waals surface area (Å²) >= 11 is 0. The molecule has 0 unspecified atom stereocenters. The summed E-state index contributed by atoms with van der Waals surface area (Å²) in [5.74, 6) is 5.33. The van der Waals surface area contributed by atoms with Crippen molar-refractivity contribution in [3.8, 4) is 11.8 Å². The Balaban J connectivity index is 2.89. The van der Waals surface area contributed by atoms with Crippen molar-refractivity contribution in [2.45, 2.75) is 0 Å². The fourth-order valence-electron chi connectivity index (χ4n) is 0.788. The predicted octanol–water partition coefficient (Wildman–Crippen LogP) is 0.908. The number of aromatic nitrogens is 1. The maximum atomic E-state index is 8.00.